The summed E-state index contributed by atoms with van der Waals surface area (Å²) in [6.07, 6.45) is 4.97. The van der Waals surface area contributed by atoms with Gasteiger partial charge in [-0.25, -0.2) is 9.66 Å². The Morgan fingerprint density at radius 2 is 2.25 bits per heavy atom. The molecule has 1 aromatic heterocycles. The first kappa shape index (κ1) is 11.4. The van der Waals surface area contributed by atoms with Gasteiger partial charge >= 0.3 is 0 Å². The monoisotopic (exact) mass is 224 g/mol. The standard InChI is InChI=1S/C11H20N4O/c1-2-3-12-8-11-9-13-10-15(11)14-4-6-16-7-5-14/h9-10,12H,2-8H2,1H3. The van der Waals surface area contributed by atoms with Gasteiger partial charge in [-0.3, -0.25) is 0 Å². The second kappa shape index (κ2) is 5.86. The molecule has 2 rings (SSSR count). The largest absolute Gasteiger partial charge is 0.378 e. The Hall–Kier alpha value is -1.07. The molecule has 1 fully saturated rings. The van der Waals surface area contributed by atoms with Crippen molar-refractivity contribution >= 4 is 0 Å². The molecule has 0 unspecified atom stereocenters. The van der Waals surface area contributed by atoms with E-state index in [1.165, 1.54) is 5.69 Å². The van der Waals surface area contributed by atoms with Crippen LogP contribution in [-0.2, 0) is 11.3 Å². The van der Waals surface area contributed by atoms with Gasteiger partial charge in [0.2, 0.25) is 0 Å². The normalized spacial score (nSPS) is 16.7. The van der Waals surface area contributed by atoms with E-state index in [2.05, 4.69) is 26.9 Å². The molecule has 0 bridgehead atoms. The number of nitrogens with one attached hydrogen (secondary N) is 1. The topological polar surface area (TPSA) is 42.3 Å². The van der Waals surface area contributed by atoms with Gasteiger partial charge in [0.05, 0.1) is 38.2 Å². The maximum absolute atomic E-state index is 5.35. The molecule has 0 spiro atoms. The summed E-state index contributed by atoms with van der Waals surface area (Å²) in [5.74, 6) is 0. The van der Waals surface area contributed by atoms with E-state index in [0.29, 0.717) is 0 Å². The molecular weight excluding hydrogens is 204 g/mol. The Morgan fingerprint density at radius 3 is 3.00 bits per heavy atom. The van der Waals surface area contributed by atoms with Gasteiger partial charge in [-0.05, 0) is 13.0 Å². The average molecular weight is 224 g/mol. The van der Waals surface area contributed by atoms with Gasteiger partial charge in [0.15, 0.2) is 0 Å². The number of aromatic nitrogens is 2. The summed E-state index contributed by atoms with van der Waals surface area (Å²) in [5, 5.41) is 5.68. The first-order valence-electron chi connectivity index (χ1n) is 5.96. The van der Waals surface area contributed by atoms with Gasteiger partial charge in [0, 0.05) is 6.54 Å². The third kappa shape index (κ3) is 2.74. The fourth-order valence-corrected chi connectivity index (χ4v) is 1.86. The van der Waals surface area contributed by atoms with Crippen molar-refractivity contribution in [3.63, 3.8) is 0 Å². The molecule has 90 valence electrons. The minimum absolute atomic E-state index is 0.806. The van der Waals surface area contributed by atoms with Crippen molar-refractivity contribution in [3.05, 3.63) is 18.2 Å². The zero-order valence-electron chi connectivity index (χ0n) is 9.85. The Labute approximate surface area is 96.4 Å². The third-order valence-corrected chi connectivity index (χ3v) is 2.72. The molecule has 5 nitrogen and oxygen atoms in total. The lowest BCUT2D eigenvalue weighted by atomic mass is 10.4. The van der Waals surface area contributed by atoms with E-state index in [-0.39, 0.29) is 0 Å². The van der Waals surface area contributed by atoms with Crippen LogP contribution in [0.3, 0.4) is 0 Å². The average Bonchev–Trinajstić information content (AvgIpc) is 2.79. The van der Waals surface area contributed by atoms with E-state index in [4.69, 9.17) is 4.74 Å². The van der Waals surface area contributed by atoms with Crippen molar-refractivity contribution in [2.45, 2.75) is 19.9 Å². The van der Waals surface area contributed by atoms with Crippen LogP contribution in [0.25, 0.3) is 0 Å². The minimum Gasteiger partial charge on any atom is -0.378 e. The second-order valence-electron chi connectivity index (χ2n) is 3.97. The molecule has 0 saturated carbocycles. The van der Waals surface area contributed by atoms with Crippen LogP contribution in [0.2, 0.25) is 0 Å². The Bertz CT molecular complexity index is 307. The number of hydrogen-bond donors (Lipinski definition) is 1. The second-order valence-corrected chi connectivity index (χ2v) is 3.97. The highest BCUT2D eigenvalue weighted by atomic mass is 16.5. The maximum Gasteiger partial charge on any atom is 0.114 e. The van der Waals surface area contributed by atoms with Gasteiger partial charge < -0.3 is 15.1 Å². The molecule has 1 aliphatic heterocycles. The van der Waals surface area contributed by atoms with Crippen molar-refractivity contribution < 1.29 is 4.74 Å². The third-order valence-electron chi connectivity index (χ3n) is 2.72. The smallest absolute Gasteiger partial charge is 0.114 e. The molecule has 2 heterocycles. The van der Waals surface area contributed by atoms with Crippen molar-refractivity contribution in [1.29, 1.82) is 0 Å². The number of ether oxygens (including phenoxy) is 1. The molecule has 1 aliphatic rings. The van der Waals surface area contributed by atoms with Crippen LogP contribution in [0.1, 0.15) is 19.0 Å². The molecule has 0 aromatic carbocycles. The van der Waals surface area contributed by atoms with Crippen LogP contribution >= 0.6 is 0 Å². The van der Waals surface area contributed by atoms with Crippen LogP contribution < -0.4 is 10.3 Å². The maximum atomic E-state index is 5.35. The number of morpholine rings is 1. The van der Waals surface area contributed by atoms with E-state index < -0.39 is 0 Å². The van der Waals surface area contributed by atoms with Crippen LogP contribution in [0.15, 0.2) is 12.5 Å². The molecular formula is C11H20N4O. The highest BCUT2D eigenvalue weighted by Gasteiger charge is 2.13. The van der Waals surface area contributed by atoms with Gasteiger partial charge in [-0.1, -0.05) is 6.92 Å². The number of rotatable bonds is 5. The van der Waals surface area contributed by atoms with Crippen LogP contribution in [-0.4, -0.2) is 42.5 Å². The molecule has 0 atom stereocenters. The van der Waals surface area contributed by atoms with Crippen LogP contribution in [0.5, 0.6) is 0 Å². The molecule has 16 heavy (non-hydrogen) atoms. The molecule has 5 heteroatoms. The summed E-state index contributed by atoms with van der Waals surface area (Å²) in [6, 6.07) is 0. The number of imidazole rings is 1. The molecule has 1 saturated heterocycles. The number of hydrogen-bond acceptors (Lipinski definition) is 4. The SMILES string of the molecule is CCCNCc1cncn1N1CCOCC1. The molecule has 0 aliphatic carbocycles. The van der Waals surface area contributed by atoms with Gasteiger partial charge in [0.1, 0.15) is 6.33 Å². The minimum atomic E-state index is 0.806. The fourth-order valence-electron chi connectivity index (χ4n) is 1.86. The van der Waals surface area contributed by atoms with E-state index in [1.54, 1.807) is 0 Å². The summed E-state index contributed by atoms with van der Waals surface area (Å²) in [6.45, 7) is 7.60. The van der Waals surface area contributed by atoms with E-state index in [0.717, 1.165) is 45.8 Å². The van der Waals surface area contributed by atoms with E-state index >= 15 is 0 Å². The quantitative estimate of drug-likeness (QED) is 0.733. The highest BCUT2D eigenvalue weighted by Crippen LogP contribution is 2.03. The predicted octanol–water partition coefficient (Wildman–Crippen LogP) is 0.351. The van der Waals surface area contributed by atoms with E-state index in [9.17, 15) is 0 Å². The first-order chi connectivity index (χ1) is 7.92. The van der Waals surface area contributed by atoms with Gasteiger partial charge in [-0.2, -0.15) is 0 Å². The lowest BCUT2D eigenvalue weighted by Gasteiger charge is -2.30. The summed E-state index contributed by atoms with van der Waals surface area (Å²) in [4.78, 5) is 4.22. The fraction of sp³-hybridized carbons (Fsp3) is 0.727. The Morgan fingerprint density at radius 1 is 1.44 bits per heavy atom. The summed E-state index contributed by atoms with van der Waals surface area (Å²) >= 11 is 0. The van der Waals surface area contributed by atoms with Crippen LogP contribution in [0.4, 0.5) is 0 Å². The Balaban J connectivity index is 1.94. The van der Waals surface area contributed by atoms with Crippen molar-refractivity contribution in [1.82, 2.24) is 15.0 Å². The molecule has 1 N–H and O–H groups in total. The van der Waals surface area contributed by atoms with Gasteiger partial charge in [-0.15, -0.1) is 0 Å². The zero-order valence-corrected chi connectivity index (χ0v) is 9.85. The lowest BCUT2D eigenvalue weighted by molar-refractivity contribution is 0.111. The predicted molar refractivity (Wildman–Crippen MR) is 63.0 cm³/mol. The molecule has 0 amide bonds. The lowest BCUT2D eigenvalue weighted by Crippen LogP contribution is -2.44. The summed E-state index contributed by atoms with van der Waals surface area (Å²) in [7, 11) is 0. The summed E-state index contributed by atoms with van der Waals surface area (Å²) < 4.78 is 7.49. The van der Waals surface area contributed by atoms with Crippen molar-refractivity contribution in [3.8, 4) is 0 Å². The summed E-state index contributed by atoms with van der Waals surface area (Å²) in [5.41, 5.74) is 1.22. The van der Waals surface area contributed by atoms with Crippen molar-refractivity contribution in [2.24, 2.45) is 0 Å². The Kier molecular flexibility index (Phi) is 4.18. The molecule has 1 aromatic rings. The molecule has 0 radical (unpaired) electrons. The van der Waals surface area contributed by atoms with Crippen LogP contribution in [0, 0.1) is 0 Å². The van der Waals surface area contributed by atoms with E-state index in [1.807, 2.05) is 12.5 Å². The zero-order chi connectivity index (χ0) is 11.2. The van der Waals surface area contributed by atoms with Crippen molar-refractivity contribution in [2.75, 3.05) is 37.9 Å². The first-order valence-corrected chi connectivity index (χ1v) is 5.96. The van der Waals surface area contributed by atoms with Gasteiger partial charge in [0.25, 0.3) is 0 Å². The number of nitrogens with zero attached hydrogens (tertiary/aromatic N) is 3. The highest BCUT2D eigenvalue weighted by molar-refractivity contribution is 5.04.